The number of hydrogen-bond donors (Lipinski definition) is 5. The molecule has 0 radical (unpaired) electrons. The molecular formula is C57H89F3O5. The summed E-state index contributed by atoms with van der Waals surface area (Å²) in [5.41, 5.74) is -1.33. The van der Waals surface area contributed by atoms with Crippen LogP contribution in [0.25, 0.3) is 0 Å². The van der Waals surface area contributed by atoms with Crippen LogP contribution in [0, 0.1) is 92.7 Å². The van der Waals surface area contributed by atoms with Crippen LogP contribution in [-0.2, 0) is 6.42 Å². The van der Waals surface area contributed by atoms with Gasteiger partial charge in [-0.25, -0.2) is 0 Å². The second-order valence-corrected chi connectivity index (χ2v) is 26.8. The number of rotatable bonds is 10. The number of aliphatic hydroxyl groups is 5. The highest BCUT2D eigenvalue weighted by atomic mass is 19.4. The highest BCUT2D eigenvalue weighted by Crippen LogP contribution is 2.71. The Bertz CT molecular complexity index is 1860. The molecule has 5 nitrogen and oxygen atoms in total. The van der Waals surface area contributed by atoms with Gasteiger partial charge in [-0.2, -0.15) is 13.2 Å². The topological polar surface area (TPSA) is 101 Å². The summed E-state index contributed by atoms with van der Waals surface area (Å²) in [6.07, 6.45) is 12.3. The summed E-state index contributed by atoms with van der Waals surface area (Å²) in [6, 6.07) is 8.24. The van der Waals surface area contributed by atoms with E-state index in [9.17, 15) is 38.7 Å². The second kappa shape index (κ2) is 16.7. The minimum absolute atomic E-state index is 0.0220. The van der Waals surface area contributed by atoms with Gasteiger partial charge in [-0.3, -0.25) is 0 Å². The maximum absolute atomic E-state index is 13.9. The molecule has 0 aliphatic heterocycles. The van der Waals surface area contributed by atoms with E-state index in [0.717, 1.165) is 93.9 Å². The van der Waals surface area contributed by atoms with Gasteiger partial charge in [0.1, 0.15) is 0 Å². The van der Waals surface area contributed by atoms with Crippen LogP contribution in [0.2, 0.25) is 0 Å². The lowest BCUT2D eigenvalue weighted by Gasteiger charge is -2.62. The van der Waals surface area contributed by atoms with Crippen molar-refractivity contribution in [2.75, 3.05) is 0 Å². The summed E-state index contributed by atoms with van der Waals surface area (Å²) < 4.78 is 41.7. The molecule has 1 aromatic carbocycles. The van der Waals surface area contributed by atoms with Gasteiger partial charge in [-0.1, -0.05) is 65.8 Å². The Morgan fingerprint density at radius 1 is 0.615 bits per heavy atom. The van der Waals surface area contributed by atoms with E-state index in [0.29, 0.717) is 58.7 Å². The smallest absolute Gasteiger partial charge is 0.393 e. The molecule has 8 heteroatoms. The molecule has 0 saturated heterocycles. The molecule has 5 N–H and O–H groups in total. The molecule has 368 valence electrons. The van der Waals surface area contributed by atoms with Gasteiger partial charge in [-0.05, 0) is 246 Å². The fourth-order valence-corrected chi connectivity index (χ4v) is 19.4. The summed E-state index contributed by atoms with van der Waals surface area (Å²) in [4.78, 5) is 0. The average molecular weight is 911 g/mol. The number of aliphatic hydroxyl groups excluding tert-OH is 2. The lowest BCUT2D eigenvalue weighted by Crippen LogP contribution is -2.59. The standard InChI is InChI=1S/C57H89F3O5/c1-34(42-17-19-44-40-16-14-39-33-56(65,57(58,59)60)30-28-52(39,6)47(40)22-24-53(42,44)7)48(61)31-49(62)37-11-9-36(10-12-37)21-26-55(64)29-27-51(5)38(32-55)13-15-41-45-20-18-43(35(2)50(3,4)63)54(45,8)25-23-46(41)51/h9-12,34-35,38-49,61-65H,13-33H2,1-8H3/t34-,35-,38-,39-,40-,41-,42+,43+,44-,45-,46-,47-,48-,49-,51-,52-,53+,54+,55-,56-/m0/s1. The van der Waals surface area contributed by atoms with Crippen LogP contribution >= 0.6 is 0 Å². The Balaban J connectivity index is 0.763. The minimum Gasteiger partial charge on any atom is -0.393 e. The molecule has 0 heterocycles. The van der Waals surface area contributed by atoms with E-state index in [4.69, 9.17) is 0 Å². The third kappa shape index (κ3) is 8.05. The molecule has 65 heavy (non-hydrogen) atoms. The van der Waals surface area contributed by atoms with Crippen molar-refractivity contribution < 1.29 is 38.7 Å². The third-order valence-electron chi connectivity index (χ3n) is 23.9. The van der Waals surface area contributed by atoms with Gasteiger partial charge in [-0.15, -0.1) is 0 Å². The Morgan fingerprint density at radius 2 is 1.12 bits per heavy atom. The molecule has 8 saturated carbocycles. The van der Waals surface area contributed by atoms with Gasteiger partial charge >= 0.3 is 6.18 Å². The number of benzene rings is 1. The maximum Gasteiger partial charge on any atom is 0.417 e. The summed E-state index contributed by atoms with van der Waals surface area (Å²) in [6.45, 7) is 18.3. The summed E-state index contributed by atoms with van der Waals surface area (Å²) in [7, 11) is 0. The molecule has 0 spiro atoms. The molecule has 8 fully saturated rings. The van der Waals surface area contributed by atoms with Crippen LogP contribution in [0.1, 0.15) is 201 Å². The van der Waals surface area contributed by atoms with E-state index in [2.05, 4.69) is 53.7 Å². The van der Waals surface area contributed by atoms with Crippen LogP contribution in [0.4, 0.5) is 13.2 Å². The first-order valence-corrected chi connectivity index (χ1v) is 27.0. The SMILES string of the molecule is C[C@@H]([C@H]1CC[C@H]2[C@@H]3CC[C@H]4C[C@](O)(C(F)(F)F)CC[C@]4(C)[C@H]3CC[C@]12C)[C@@H](O)C[C@H](O)c1ccc(CC[C@]2(O)CC[C@@]3(C)[C@@H](CC[C@@H]4[C@@H]3CC[C@]3(C)[C@@H]([C@H](C)C(C)(C)O)CC[C@@H]43)C2)cc1. The van der Waals surface area contributed by atoms with E-state index < -0.39 is 35.2 Å². The molecule has 0 unspecified atom stereocenters. The zero-order valence-corrected chi connectivity index (χ0v) is 41.6. The lowest BCUT2D eigenvalue weighted by atomic mass is 9.43. The Kier molecular flexibility index (Phi) is 12.6. The zero-order chi connectivity index (χ0) is 46.9. The average Bonchev–Trinajstić information content (AvgIpc) is 3.79. The Morgan fingerprint density at radius 3 is 1.68 bits per heavy atom. The largest absolute Gasteiger partial charge is 0.417 e. The maximum atomic E-state index is 13.9. The van der Waals surface area contributed by atoms with Gasteiger partial charge in [0, 0.05) is 6.42 Å². The van der Waals surface area contributed by atoms with E-state index in [-0.39, 0.29) is 41.9 Å². The quantitative estimate of drug-likeness (QED) is 0.161. The lowest BCUT2D eigenvalue weighted by molar-refractivity contribution is -0.290. The summed E-state index contributed by atoms with van der Waals surface area (Å²) >= 11 is 0. The second-order valence-electron chi connectivity index (χ2n) is 26.8. The highest BCUT2D eigenvalue weighted by molar-refractivity contribution is 5.25. The summed E-state index contributed by atoms with van der Waals surface area (Å²) in [5, 5.41) is 57.0. The van der Waals surface area contributed by atoms with E-state index in [1.54, 1.807) is 0 Å². The molecule has 1 aromatic rings. The number of alkyl halides is 3. The molecule has 8 aliphatic rings. The fraction of sp³-hybridized carbons (Fsp3) is 0.895. The monoisotopic (exact) mass is 911 g/mol. The van der Waals surface area contributed by atoms with Gasteiger partial charge in [0.2, 0.25) is 0 Å². The molecule has 8 aliphatic carbocycles. The fourth-order valence-electron chi connectivity index (χ4n) is 19.4. The number of aryl methyl sites for hydroxylation is 1. The van der Waals surface area contributed by atoms with E-state index in [1.165, 1.54) is 44.1 Å². The van der Waals surface area contributed by atoms with Gasteiger partial charge in [0.15, 0.2) is 5.60 Å². The first-order valence-electron chi connectivity index (χ1n) is 27.0. The highest BCUT2D eigenvalue weighted by Gasteiger charge is 2.66. The number of hydrogen-bond acceptors (Lipinski definition) is 5. The molecule has 0 aromatic heterocycles. The number of fused-ring (bicyclic) bond motifs is 10. The van der Waals surface area contributed by atoms with Crippen LogP contribution < -0.4 is 0 Å². The van der Waals surface area contributed by atoms with Crippen LogP contribution in [0.5, 0.6) is 0 Å². The predicted molar refractivity (Wildman–Crippen MR) is 251 cm³/mol. The van der Waals surface area contributed by atoms with Crippen LogP contribution in [-0.4, -0.2) is 54.6 Å². The molecule has 20 atom stereocenters. The third-order valence-corrected chi connectivity index (χ3v) is 23.9. The first-order chi connectivity index (χ1) is 30.3. The zero-order valence-electron chi connectivity index (χ0n) is 41.6. The molecule has 0 bridgehead atoms. The first kappa shape index (κ1) is 48.8. The summed E-state index contributed by atoms with van der Waals surface area (Å²) in [5.74, 6) is 5.34. The van der Waals surface area contributed by atoms with E-state index >= 15 is 0 Å². The van der Waals surface area contributed by atoms with Gasteiger partial charge in [0.25, 0.3) is 0 Å². The molecule has 0 amide bonds. The van der Waals surface area contributed by atoms with Crippen molar-refractivity contribution in [1.29, 1.82) is 0 Å². The Hall–Kier alpha value is -1.19. The van der Waals surface area contributed by atoms with Crippen molar-refractivity contribution >= 4 is 0 Å². The Labute approximate surface area is 390 Å². The van der Waals surface area contributed by atoms with Crippen molar-refractivity contribution in [2.45, 2.75) is 225 Å². The van der Waals surface area contributed by atoms with Crippen molar-refractivity contribution in [2.24, 2.45) is 92.7 Å². The van der Waals surface area contributed by atoms with Crippen molar-refractivity contribution in [3.63, 3.8) is 0 Å². The predicted octanol–water partition coefficient (Wildman–Crippen LogP) is 12.8. The normalized spacial score (nSPS) is 48.1. The van der Waals surface area contributed by atoms with Crippen LogP contribution in [0.15, 0.2) is 24.3 Å². The number of halogens is 3. The van der Waals surface area contributed by atoms with Crippen molar-refractivity contribution in [3.05, 3.63) is 35.4 Å². The van der Waals surface area contributed by atoms with Crippen molar-refractivity contribution in [3.8, 4) is 0 Å². The van der Waals surface area contributed by atoms with Crippen molar-refractivity contribution in [1.82, 2.24) is 0 Å². The molecule has 9 rings (SSSR count). The van der Waals surface area contributed by atoms with Crippen LogP contribution in [0.3, 0.4) is 0 Å². The van der Waals surface area contributed by atoms with Gasteiger partial charge < -0.3 is 25.5 Å². The minimum atomic E-state index is -4.58. The van der Waals surface area contributed by atoms with Gasteiger partial charge in [0.05, 0.1) is 23.4 Å². The molecular weight excluding hydrogens is 822 g/mol. The van der Waals surface area contributed by atoms with E-state index in [1.807, 2.05) is 26.0 Å².